The van der Waals surface area contributed by atoms with Gasteiger partial charge in [0.2, 0.25) is 0 Å². The summed E-state index contributed by atoms with van der Waals surface area (Å²) in [4.78, 5) is 0. The molecule has 1 aromatic carbocycles. The van der Waals surface area contributed by atoms with Gasteiger partial charge in [-0.05, 0) is 47.6 Å². The van der Waals surface area contributed by atoms with Crippen molar-refractivity contribution in [3.05, 3.63) is 69.5 Å². The number of hydrogen-bond donors (Lipinski definition) is 0. The fourth-order valence-electron chi connectivity index (χ4n) is 12.5. The molecule has 336 valence electrons. The molecule has 0 saturated heterocycles. The summed E-state index contributed by atoms with van der Waals surface area (Å²) in [6, 6.07) is 4.47. The molecule has 0 unspecified atom stereocenters. The largest absolute Gasteiger partial charge is 1.00 e. The van der Waals surface area contributed by atoms with Gasteiger partial charge in [-0.2, -0.15) is 0 Å². The molecule has 0 saturated carbocycles. The molecule has 4 radical (unpaired) electrons. The van der Waals surface area contributed by atoms with Crippen molar-refractivity contribution in [3.8, 4) is 0 Å². The van der Waals surface area contributed by atoms with Gasteiger partial charge in [-0.25, -0.2) is 0 Å². The molecule has 10 heteroatoms. The van der Waals surface area contributed by atoms with E-state index < -0.39 is 56.5 Å². The van der Waals surface area contributed by atoms with E-state index in [-0.39, 0.29) is 57.7 Å². The van der Waals surface area contributed by atoms with Crippen LogP contribution in [0.2, 0.25) is 152 Å². The molecular formula is C48H97BrNSbSi7-2. The Morgan fingerprint density at radius 2 is 0.741 bits per heavy atom. The van der Waals surface area contributed by atoms with Crippen molar-refractivity contribution in [2.24, 2.45) is 0 Å². The zero-order valence-corrected chi connectivity index (χ0v) is 55.4. The summed E-state index contributed by atoms with van der Waals surface area (Å²) >= 11 is 0. The van der Waals surface area contributed by atoms with Crippen LogP contribution < -0.4 is 17.0 Å². The number of benzene rings is 1. The maximum Gasteiger partial charge on any atom is 0.0501 e. The van der Waals surface area contributed by atoms with Gasteiger partial charge in [0.15, 0.2) is 0 Å². The van der Waals surface area contributed by atoms with Crippen LogP contribution in [-0.4, -0.2) is 80.9 Å². The molecule has 1 aromatic rings. The summed E-state index contributed by atoms with van der Waals surface area (Å²) in [5, 5.41) is 1.48. The SMILES string of the molecule is CC(C)(C)c1cc(C(C)(C)C)c([NH-])c(C(C)(C)C)c1.C[Si](C)(C)C(C1=C=C(C([Si](C)(C)C)[Si](C)(C)C)C=C(C([Si](C)(C)C)([Si](C)(C)C)[Si](C)(C)C)[CH]1)[Si](C)(C)C.[Br-].[Sb]. The quantitative estimate of drug-likeness (QED) is 0.165. The Balaban J connectivity index is 0. The number of rotatable bonds is 10. The summed E-state index contributed by atoms with van der Waals surface area (Å²) < 4.78 is 0.415. The van der Waals surface area contributed by atoms with Gasteiger partial charge in [0.1, 0.15) is 0 Å². The van der Waals surface area contributed by atoms with Gasteiger partial charge in [0.25, 0.3) is 0 Å². The van der Waals surface area contributed by atoms with Crippen LogP contribution in [-0.2, 0) is 16.2 Å². The average Bonchev–Trinajstić information content (AvgIpc) is 2.81. The Hall–Kier alpha value is 1.10. The van der Waals surface area contributed by atoms with Crippen molar-refractivity contribution in [1.29, 1.82) is 0 Å². The number of allylic oxidation sites excluding steroid dienone is 3. The van der Waals surface area contributed by atoms with E-state index >= 15 is 0 Å². The minimum atomic E-state index is -1.59. The van der Waals surface area contributed by atoms with Crippen LogP contribution in [0.4, 0.5) is 5.69 Å². The molecule has 1 aliphatic carbocycles. The van der Waals surface area contributed by atoms with E-state index in [1.165, 1.54) is 5.56 Å². The molecule has 0 bridgehead atoms. The fraction of sp³-hybridized carbons (Fsp3) is 0.750. The molecule has 1 nitrogen and oxygen atoms in total. The molecule has 0 atom stereocenters. The number of halogens is 1. The van der Waals surface area contributed by atoms with E-state index in [9.17, 15) is 0 Å². The van der Waals surface area contributed by atoms with Crippen LogP contribution in [0.3, 0.4) is 0 Å². The summed E-state index contributed by atoms with van der Waals surface area (Å²) in [5.74, 6) is 0. The zero-order chi connectivity index (χ0) is 45.2. The molecule has 2 rings (SSSR count). The Bertz CT molecular complexity index is 1550. The van der Waals surface area contributed by atoms with Gasteiger partial charge < -0.3 is 22.7 Å². The topological polar surface area (TPSA) is 23.8 Å². The molecule has 0 aromatic heterocycles. The summed E-state index contributed by atoms with van der Waals surface area (Å²) in [6.07, 6.45) is 5.59. The monoisotopic (exact) mass is 1080 g/mol. The smallest absolute Gasteiger partial charge is 0.0501 e. The van der Waals surface area contributed by atoms with Crippen molar-refractivity contribution in [2.45, 2.75) is 231 Å². The van der Waals surface area contributed by atoms with Gasteiger partial charge >= 0.3 is 0 Å². The second-order valence-electron chi connectivity index (χ2n) is 28.3. The first-order chi connectivity index (χ1) is 24.1. The molecule has 0 fully saturated rings. The molecule has 0 heterocycles. The predicted molar refractivity (Wildman–Crippen MR) is 289 cm³/mol. The van der Waals surface area contributed by atoms with Crippen molar-refractivity contribution in [3.63, 3.8) is 0 Å². The Morgan fingerprint density at radius 1 is 0.466 bits per heavy atom. The summed E-state index contributed by atoms with van der Waals surface area (Å²) in [5.41, 5.74) is 22.4. The van der Waals surface area contributed by atoms with Crippen LogP contribution >= 0.6 is 0 Å². The summed E-state index contributed by atoms with van der Waals surface area (Å²) in [7, 11) is -10.6. The van der Waals surface area contributed by atoms with Crippen LogP contribution in [0.25, 0.3) is 5.73 Å². The number of hydrogen-bond acceptors (Lipinski definition) is 0. The standard InChI is InChI=1S/C30H67Si7.C18H30N.BrH.Sb/c1-31(2,3)28(32(4,5)6)25-22-26(29(33(7,8)9)34(10,11)12)24-27(23-25)30(35(13,14)15,36(16,17)18)37(19,20)21;1-16(2,3)12-10-13(17(4,5)6)15(19)14(11-12)18(7,8)9;;/h23-24,28-29H,1-21H3;10-11,19H,1-9H3;1H;/q;-1;;/p-1. The van der Waals surface area contributed by atoms with E-state index in [1.807, 2.05) is 0 Å². The average molecular weight is 1090 g/mol. The first-order valence-corrected chi connectivity index (χ1v) is 46.9. The summed E-state index contributed by atoms with van der Waals surface area (Å²) in [6.45, 7) is 75.9. The number of nitrogens with one attached hydrogen (secondary N) is 1. The van der Waals surface area contributed by atoms with Crippen LogP contribution in [0.5, 0.6) is 0 Å². The second-order valence-corrected chi connectivity index (χ2v) is 67.9. The van der Waals surface area contributed by atoms with Gasteiger partial charge in [-0.15, -0.1) is 11.4 Å². The van der Waals surface area contributed by atoms with E-state index in [4.69, 9.17) is 5.73 Å². The van der Waals surface area contributed by atoms with E-state index in [1.54, 1.807) is 16.7 Å². The second kappa shape index (κ2) is 19.3. The maximum absolute atomic E-state index is 8.56. The maximum atomic E-state index is 8.56. The molecule has 58 heavy (non-hydrogen) atoms. The first kappa shape index (κ1) is 61.2. The van der Waals surface area contributed by atoms with Gasteiger partial charge in [-0.3, -0.25) is 0 Å². The fourth-order valence-corrected chi connectivity index (χ4v) is 67.7. The minimum absolute atomic E-state index is 0. The van der Waals surface area contributed by atoms with Crippen molar-refractivity contribution < 1.29 is 17.0 Å². The Morgan fingerprint density at radius 3 is 0.966 bits per heavy atom. The van der Waals surface area contributed by atoms with E-state index in [0.29, 0.717) is 9.97 Å². The van der Waals surface area contributed by atoms with Gasteiger partial charge in [0.05, 0.1) is 16.1 Å². The predicted octanol–water partition coefficient (Wildman–Crippen LogP) is 14.5. The van der Waals surface area contributed by atoms with Gasteiger partial charge in [-0.1, -0.05) is 235 Å². The van der Waals surface area contributed by atoms with Crippen LogP contribution in [0, 0.1) is 6.42 Å². The molecule has 0 aliphatic heterocycles. The first-order valence-electron chi connectivity index (χ1n) is 22.0. The van der Waals surface area contributed by atoms with Crippen LogP contribution in [0.1, 0.15) is 79.0 Å². The van der Waals surface area contributed by atoms with E-state index in [0.717, 1.165) is 21.5 Å². The third-order valence-electron chi connectivity index (χ3n) is 12.4. The molecule has 0 spiro atoms. The van der Waals surface area contributed by atoms with Gasteiger partial charge in [0, 0.05) is 71.2 Å². The Kier molecular flexibility index (Phi) is 20.3. The van der Waals surface area contributed by atoms with Crippen LogP contribution in [0.15, 0.2) is 40.7 Å². The van der Waals surface area contributed by atoms with Crippen molar-refractivity contribution in [1.82, 2.24) is 0 Å². The Labute approximate surface area is 400 Å². The minimum Gasteiger partial charge on any atom is -1.00 e. The van der Waals surface area contributed by atoms with E-state index in [2.05, 4.69) is 230 Å². The zero-order valence-electron chi connectivity index (χ0n) is 44.3. The normalized spacial score (nSPS) is 15.8. The third-order valence-corrected chi connectivity index (χ3v) is 52.1. The third kappa shape index (κ3) is 14.3. The molecule has 1 N–H and O–H groups in total. The molecular weight excluding hydrogens is 989 g/mol. The van der Waals surface area contributed by atoms with Crippen molar-refractivity contribution >= 4 is 86.6 Å². The van der Waals surface area contributed by atoms with Crippen molar-refractivity contribution in [2.75, 3.05) is 0 Å². The molecule has 0 amide bonds. The molecule has 1 aliphatic rings.